The first-order valence-corrected chi connectivity index (χ1v) is 6.91. The molecule has 108 valence electrons. The number of phenolic OH excluding ortho intramolecular Hbond substituents is 1. The molecule has 1 N–H and O–H groups in total. The van der Waals surface area contributed by atoms with Gasteiger partial charge in [0.2, 0.25) is 0 Å². The summed E-state index contributed by atoms with van der Waals surface area (Å²) in [7, 11) is 4.28. The van der Waals surface area contributed by atoms with E-state index in [4.69, 9.17) is 0 Å². The summed E-state index contributed by atoms with van der Waals surface area (Å²) in [6.45, 7) is 13.7. The summed E-state index contributed by atoms with van der Waals surface area (Å²) in [6, 6.07) is 7.66. The molecule has 0 atom stereocenters. The maximum absolute atomic E-state index is 9.55. The van der Waals surface area contributed by atoms with E-state index in [1.54, 1.807) is 12.1 Å². The Labute approximate surface area is 118 Å². The van der Waals surface area contributed by atoms with Crippen LogP contribution in [0.25, 0.3) is 0 Å². The van der Waals surface area contributed by atoms with E-state index in [0.717, 1.165) is 0 Å². The molecule has 2 nitrogen and oxygen atoms in total. The number of hydrogen-bond donors (Lipinski definition) is 1. The lowest BCUT2D eigenvalue weighted by Crippen LogP contribution is -2.59. The third-order valence-electron chi connectivity index (χ3n) is 4.13. The summed E-state index contributed by atoms with van der Waals surface area (Å²) >= 11 is 0. The zero-order valence-electron chi connectivity index (χ0n) is 13.7. The Morgan fingerprint density at radius 2 is 1.16 bits per heavy atom. The van der Waals surface area contributed by atoms with Gasteiger partial charge in [0.05, 0.1) is 5.54 Å². The second-order valence-electron chi connectivity index (χ2n) is 7.65. The van der Waals surface area contributed by atoms with Crippen molar-refractivity contribution >= 4 is 0 Å². The first-order valence-electron chi connectivity index (χ1n) is 6.91. The van der Waals surface area contributed by atoms with Crippen LogP contribution in [0, 0.1) is 10.8 Å². The lowest BCUT2D eigenvalue weighted by molar-refractivity contribution is -0.0681. The molecule has 0 amide bonds. The molecule has 0 fully saturated rings. The van der Waals surface area contributed by atoms with Crippen LogP contribution in [0.1, 0.15) is 47.1 Å². The fourth-order valence-electron chi connectivity index (χ4n) is 4.29. The molecule has 2 heteroatoms. The van der Waals surface area contributed by atoms with Gasteiger partial charge in [-0.25, -0.2) is 0 Å². The molecule has 0 saturated carbocycles. The second-order valence-corrected chi connectivity index (χ2v) is 7.65. The Morgan fingerprint density at radius 3 is 1.42 bits per heavy atom. The molecule has 1 aromatic carbocycles. The van der Waals surface area contributed by atoms with Gasteiger partial charge in [-0.1, -0.05) is 53.7 Å². The lowest BCUT2D eigenvalue weighted by atomic mass is 9.56. The molecule has 19 heavy (non-hydrogen) atoms. The molecule has 0 bridgehead atoms. The topological polar surface area (TPSA) is 23.5 Å². The zero-order chi connectivity index (χ0) is 15.1. The van der Waals surface area contributed by atoms with Crippen molar-refractivity contribution in [3.8, 4) is 5.75 Å². The van der Waals surface area contributed by atoms with Crippen molar-refractivity contribution in [2.24, 2.45) is 10.8 Å². The van der Waals surface area contributed by atoms with Crippen molar-refractivity contribution in [1.29, 1.82) is 0 Å². The van der Waals surface area contributed by atoms with Crippen LogP contribution >= 0.6 is 0 Å². The maximum Gasteiger partial charge on any atom is 0.115 e. The predicted octanol–water partition coefficient (Wildman–Crippen LogP) is 4.24. The highest BCUT2D eigenvalue weighted by atomic mass is 16.3. The number of nitrogens with zero attached hydrogens (tertiary/aromatic N) is 1. The van der Waals surface area contributed by atoms with Gasteiger partial charge >= 0.3 is 0 Å². The van der Waals surface area contributed by atoms with Crippen LogP contribution in [0.2, 0.25) is 0 Å². The van der Waals surface area contributed by atoms with E-state index < -0.39 is 0 Å². The Bertz CT molecular complexity index is 404. The summed E-state index contributed by atoms with van der Waals surface area (Å²) in [5, 5.41) is 9.55. The summed E-state index contributed by atoms with van der Waals surface area (Å²) in [5.41, 5.74) is 1.25. The van der Waals surface area contributed by atoms with Gasteiger partial charge in [-0.2, -0.15) is 0 Å². The van der Waals surface area contributed by atoms with E-state index in [-0.39, 0.29) is 16.4 Å². The molecule has 0 heterocycles. The van der Waals surface area contributed by atoms with E-state index >= 15 is 0 Å². The van der Waals surface area contributed by atoms with E-state index in [1.165, 1.54) is 5.56 Å². The fraction of sp³-hybridized carbons (Fsp3) is 0.647. The monoisotopic (exact) mass is 263 g/mol. The van der Waals surface area contributed by atoms with Gasteiger partial charge in [-0.05, 0) is 42.6 Å². The highest BCUT2D eigenvalue weighted by Crippen LogP contribution is 2.54. The average molecular weight is 263 g/mol. The van der Waals surface area contributed by atoms with Gasteiger partial charge in [0.25, 0.3) is 0 Å². The van der Waals surface area contributed by atoms with Crippen LogP contribution in [0.5, 0.6) is 5.75 Å². The molecule has 0 saturated heterocycles. The minimum Gasteiger partial charge on any atom is -0.508 e. The van der Waals surface area contributed by atoms with Gasteiger partial charge in [-0.3, -0.25) is 4.90 Å². The third-order valence-corrected chi connectivity index (χ3v) is 4.13. The first-order chi connectivity index (χ1) is 8.44. The van der Waals surface area contributed by atoms with E-state index in [1.807, 2.05) is 12.1 Å². The molecule has 0 aliphatic heterocycles. The van der Waals surface area contributed by atoms with Crippen molar-refractivity contribution in [2.75, 3.05) is 14.1 Å². The Hall–Kier alpha value is -1.02. The van der Waals surface area contributed by atoms with Crippen molar-refractivity contribution in [3.63, 3.8) is 0 Å². The molecule has 0 aliphatic carbocycles. The number of aromatic hydroxyl groups is 1. The molecule has 0 unspecified atom stereocenters. The van der Waals surface area contributed by atoms with Crippen LogP contribution < -0.4 is 0 Å². The van der Waals surface area contributed by atoms with Crippen LogP contribution in [0.3, 0.4) is 0 Å². The van der Waals surface area contributed by atoms with Crippen molar-refractivity contribution in [3.05, 3.63) is 29.8 Å². The standard InChI is InChI=1S/C17H29NO/c1-15(2,3)17(18(7)8,16(4,5)6)13-9-11-14(19)12-10-13/h9-12,19H,1-8H3. The molecule has 1 rings (SSSR count). The van der Waals surface area contributed by atoms with E-state index in [2.05, 4.69) is 60.5 Å². The van der Waals surface area contributed by atoms with Crippen LogP contribution in [-0.2, 0) is 5.54 Å². The molecule has 0 spiro atoms. The minimum absolute atomic E-state index is 0.0612. The molecule has 1 aromatic rings. The van der Waals surface area contributed by atoms with Gasteiger partial charge in [-0.15, -0.1) is 0 Å². The maximum atomic E-state index is 9.55. The lowest BCUT2D eigenvalue weighted by Gasteiger charge is -2.58. The predicted molar refractivity (Wildman–Crippen MR) is 82.4 cm³/mol. The number of benzene rings is 1. The van der Waals surface area contributed by atoms with Gasteiger partial charge in [0, 0.05) is 0 Å². The molecule has 0 aromatic heterocycles. The average Bonchev–Trinajstić information content (AvgIpc) is 2.16. The molecular weight excluding hydrogens is 234 g/mol. The molecular formula is C17H29NO. The number of phenols is 1. The van der Waals surface area contributed by atoms with Crippen molar-refractivity contribution < 1.29 is 5.11 Å². The Balaban J connectivity index is 3.63. The van der Waals surface area contributed by atoms with Crippen LogP contribution in [0.15, 0.2) is 24.3 Å². The van der Waals surface area contributed by atoms with Crippen molar-refractivity contribution in [2.45, 2.75) is 47.1 Å². The quantitative estimate of drug-likeness (QED) is 0.862. The number of hydrogen-bond acceptors (Lipinski definition) is 2. The highest BCUT2D eigenvalue weighted by Gasteiger charge is 2.53. The molecule has 0 aliphatic rings. The normalized spacial score (nSPS) is 13.9. The van der Waals surface area contributed by atoms with Gasteiger partial charge in [0.1, 0.15) is 5.75 Å². The van der Waals surface area contributed by atoms with Gasteiger partial charge in [0.15, 0.2) is 0 Å². The smallest absolute Gasteiger partial charge is 0.115 e. The largest absolute Gasteiger partial charge is 0.508 e. The first kappa shape index (κ1) is 16.0. The minimum atomic E-state index is -0.117. The van der Waals surface area contributed by atoms with E-state index in [0.29, 0.717) is 5.75 Å². The van der Waals surface area contributed by atoms with Gasteiger partial charge < -0.3 is 5.11 Å². The summed E-state index contributed by atoms with van der Waals surface area (Å²) in [6.07, 6.45) is 0. The fourth-order valence-corrected chi connectivity index (χ4v) is 4.29. The summed E-state index contributed by atoms with van der Waals surface area (Å²) < 4.78 is 0. The van der Waals surface area contributed by atoms with Crippen LogP contribution in [-0.4, -0.2) is 24.1 Å². The Morgan fingerprint density at radius 1 is 0.789 bits per heavy atom. The Kier molecular flexibility index (Phi) is 4.07. The zero-order valence-corrected chi connectivity index (χ0v) is 13.7. The number of rotatable bonds is 2. The van der Waals surface area contributed by atoms with Crippen LogP contribution in [0.4, 0.5) is 0 Å². The molecule has 0 radical (unpaired) electrons. The highest BCUT2D eigenvalue weighted by molar-refractivity contribution is 5.34. The SMILES string of the molecule is CN(C)C(c1ccc(O)cc1)(C(C)(C)C)C(C)(C)C. The van der Waals surface area contributed by atoms with E-state index in [9.17, 15) is 5.11 Å². The second kappa shape index (κ2) is 4.82. The summed E-state index contributed by atoms with van der Waals surface area (Å²) in [4.78, 5) is 2.32. The van der Waals surface area contributed by atoms with Crippen molar-refractivity contribution in [1.82, 2.24) is 4.90 Å². The summed E-state index contributed by atoms with van der Waals surface area (Å²) in [5.74, 6) is 0.319. The third kappa shape index (κ3) is 2.51.